The molecule has 0 aliphatic rings. The van der Waals surface area contributed by atoms with Gasteiger partial charge in [0.2, 0.25) is 0 Å². The number of urea groups is 1. The summed E-state index contributed by atoms with van der Waals surface area (Å²) in [7, 11) is 0. The summed E-state index contributed by atoms with van der Waals surface area (Å²) < 4.78 is 0. The molecule has 7 heteroatoms. The maximum atomic E-state index is 11.5. The summed E-state index contributed by atoms with van der Waals surface area (Å²) in [6, 6.07) is 11.4. The molecule has 0 aliphatic heterocycles. The normalized spacial score (nSPS) is 10.7. The van der Waals surface area contributed by atoms with Crippen molar-refractivity contribution in [3.63, 3.8) is 0 Å². The molecule has 0 saturated heterocycles. The van der Waals surface area contributed by atoms with Crippen LogP contribution in [-0.2, 0) is 0 Å². The number of carbonyl (C=O) groups excluding carboxylic acids is 1. The van der Waals surface area contributed by atoms with E-state index >= 15 is 0 Å². The zero-order valence-corrected chi connectivity index (χ0v) is 11.7. The lowest BCUT2D eigenvalue weighted by molar-refractivity contribution is 0.254. The lowest BCUT2D eigenvalue weighted by Gasteiger charge is -2.14. The molecule has 0 bridgehead atoms. The number of halogens is 2. The molecule has 0 atom stereocenters. The fourth-order valence-electron chi connectivity index (χ4n) is 1.49. The second-order valence-corrected chi connectivity index (χ2v) is 4.55. The molecule has 0 saturated carbocycles. The minimum atomic E-state index is -0.754. The van der Waals surface area contributed by atoms with Crippen LogP contribution in [0.4, 0.5) is 10.5 Å². The molecule has 2 aromatic rings. The Balaban J connectivity index is 2.32. The Hall–Kier alpha value is -2.11. The Morgan fingerprint density at radius 1 is 1.20 bits per heavy atom. The predicted molar refractivity (Wildman–Crippen MR) is 80.4 cm³/mol. The van der Waals surface area contributed by atoms with E-state index < -0.39 is 6.03 Å². The van der Waals surface area contributed by atoms with Gasteiger partial charge in [-0.15, -0.1) is 0 Å². The van der Waals surface area contributed by atoms with Crippen molar-refractivity contribution in [3.05, 3.63) is 58.3 Å². The highest BCUT2D eigenvalue weighted by molar-refractivity contribution is 6.33. The molecule has 102 valence electrons. The van der Waals surface area contributed by atoms with Gasteiger partial charge in [0.1, 0.15) is 10.3 Å². The van der Waals surface area contributed by atoms with E-state index in [1.165, 1.54) is 18.3 Å². The van der Waals surface area contributed by atoms with E-state index in [1.54, 1.807) is 0 Å². The van der Waals surface area contributed by atoms with Crippen molar-refractivity contribution >= 4 is 41.1 Å². The molecule has 2 rings (SSSR count). The van der Waals surface area contributed by atoms with Crippen molar-refractivity contribution in [1.82, 2.24) is 4.98 Å². The third-order valence-corrected chi connectivity index (χ3v) is 2.71. The first kappa shape index (κ1) is 14.3. The summed E-state index contributed by atoms with van der Waals surface area (Å²) in [5.41, 5.74) is 6.47. The standard InChI is InChI=1S/C13H10Cl2N4O/c14-11-6-10(7-12(15)18-11)19(13(16)20)17-8-9-4-2-1-3-5-9/h1-8H,(H2,16,20)/b17-8+. The van der Waals surface area contributed by atoms with Gasteiger partial charge in [-0.05, 0) is 5.56 Å². The third kappa shape index (κ3) is 3.69. The van der Waals surface area contributed by atoms with E-state index in [1.807, 2.05) is 30.3 Å². The number of hydrazone groups is 1. The highest BCUT2D eigenvalue weighted by atomic mass is 35.5. The van der Waals surface area contributed by atoms with Crippen molar-refractivity contribution in [2.24, 2.45) is 10.8 Å². The summed E-state index contributed by atoms with van der Waals surface area (Å²) in [5, 5.41) is 5.32. The first-order valence-electron chi connectivity index (χ1n) is 5.58. The summed E-state index contributed by atoms with van der Waals surface area (Å²) >= 11 is 11.6. The van der Waals surface area contributed by atoms with Crippen LogP contribution in [-0.4, -0.2) is 17.2 Å². The van der Waals surface area contributed by atoms with Crippen LogP contribution in [0.2, 0.25) is 10.3 Å². The Bertz CT molecular complexity index is 626. The van der Waals surface area contributed by atoms with Crippen molar-refractivity contribution in [1.29, 1.82) is 0 Å². The summed E-state index contributed by atoms with van der Waals surface area (Å²) in [6.07, 6.45) is 1.51. The number of carbonyl (C=O) groups is 1. The quantitative estimate of drug-likeness (QED) is 0.537. The van der Waals surface area contributed by atoms with Gasteiger partial charge in [-0.3, -0.25) is 0 Å². The molecule has 1 aromatic carbocycles. The highest BCUT2D eigenvalue weighted by Gasteiger charge is 2.13. The van der Waals surface area contributed by atoms with Gasteiger partial charge in [0.25, 0.3) is 0 Å². The average molecular weight is 309 g/mol. The lowest BCUT2D eigenvalue weighted by Crippen LogP contribution is -2.31. The zero-order valence-electron chi connectivity index (χ0n) is 10.2. The van der Waals surface area contributed by atoms with Crippen LogP contribution >= 0.6 is 23.2 Å². The number of hydrogen-bond acceptors (Lipinski definition) is 3. The number of aromatic nitrogens is 1. The fraction of sp³-hybridized carbons (Fsp3) is 0. The number of nitrogens with two attached hydrogens (primary N) is 1. The molecule has 20 heavy (non-hydrogen) atoms. The molecule has 0 radical (unpaired) electrons. The molecule has 1 aromatic heterocycles. The monoisotopic (exact) mass is 308 g/mol. The number of pyridine rings is 1. The summed E-state index contributed by atoms with van der Waals surface area (Å²) in [4.78, 5) is 15.3. The molecule has 0 aliphatic carbocycles. The molecule has 5 nitrogen and oxygen atoms in total. The minimum absolute atomic E-state index is 0.147. The highest BCUT2D eigenvalue weighted by Crippen LogP contribution is 2.22. The predicted octanol–water partition coefficient (Wildman–Crippen LogP) is 3.31. The van der Waals surface area contributed by atoms with Crippen molar-refractivity contribution < 1.29 is 4.79 Å². The largest absolute Gasteiger partial charge is 0.350 e. The van der Waals surface area contributed by atoms with Crippen LogP contribution in [0.25, 0.3) is 0 Å². The van der Waals surface area contributed by atoms with Gasteiger partial charge in [0.05, 0.1) is 11.9 Å². The fourth-order valence-corrected chi connectivity index (χ4v) is 1.94. The number of benzene rings is 1. The van der Waals surface area contributed by atoms with Crippen molar-refractivity contribution in [3.8, 4) is 0 Å². The topological polar surface area (TPSA) is 71.6 Å². The average Bonchev–Trinajstić information content (AvgIpc) is 2.38. The SMILES string of the molecule is NC(=O)N(/N=C/c1ccccc1)c1cc(Cl)nc(Cl)c1. The Kier molecular flexibility index (Phi) is 4.55. The van der Waals surface area contributed by atoms with Crippen LogP contribution in [0, 0.1) is 0 Å². The molecular weight excluding hydrogens is 299 g/mol. The van der Waals surface area contributed by atoms with Crippen molar-refractivity contribution in [2.45, 2.75) is 0 Å². The number of primary amides is 1. The first-order chi connectivity index (χ1) is 9.56. The second kappa shape index (κ2) is 6.36. The zero-order chi connectivity index (χ0) is 14.5. The van der Waals surface area contributed by atoms with Crippen LogP contribution in [0.15, 0.2) is 47.6 Å². The van der Waals surface area contributed by atoms with E-state index in [0.29, 0.717) is 5.69 Å². The Morgan fingerprint density at radius 2 is 1.80 bits per heavy atom. The van der Waals surface area contributed by atoms with Crippen molar-refractivity contribution in [2.75, 3.05) is 5.01 Å². The van der Waals surface area contributed by atoms with E-state index in [4.69, 9.17) is 28.9 Å². The second-order valence-electron chi connectivity index (χ2n) is 3.78. The van der Waals surface area contributed by atoms with Crippen LogP contribution in [0.5, 0.6) is 0 Å². The summed E-state index contributed by atoms with van der Waals surface area (Å²) in [5.74, 6) is 0. The smallest absolute Gasteiger partial charge is 0.340 e. The molecule has 0 spiro atoms. The van der Waals surface area contributed by atoms with Gasteiger partial charge < -0.3 is 5.73 Å². The van der Waals surface area contributed by atoms with Crippen LogP contribution in [0.1, 0.15) is 5.56 Å². The summed E-state index contributed by atoms with van der Waals surface area (Å²) in [6.45, 7) is 0. The van der Waals surface area contributed by atoms with Crippen LogP contribution in [0.3, 0.4) is 0 Å². The third-order valence-electron chi connectivity index (χ3n) is 2.32. The number of amides is 2. The minimum Gasteiger partial charge on any atom is -0.350 e. The van der Waals surface area contributed by atoms with Crippen LogP contribution < -0.4 is 10.7 Å². The van der Waals surface area contributed by atoms with Gasteiger partial charge in [0.15, 0.2) is 0 Å². The lowest BCUT2D eigenvalue weighted by atomic mass is 10.2. The number of anilines is 1. The maximum absolute atomic E-state index is 11.5. The van der Waals surface area contributed by atoms with E-state index in [2.05, 4.69) is 10.1 Å². The van der Waals surface area contributed by atoms with E-state index in [-0.39, 0.29) is 10.3 Å². The molecular formula is C13H10Cl2N4O. The first-order valence-corrected chi connectivity index (χ1v) is 6.33. The Labute approximate surface area is 125 Å². The maximum Gasteiger partial charge on any atom is 0.340 e. The molecule has 0 fully saturated rings. The Morgan fingerprint density at radius 3 is 2.35 bits per heavy atom. The van der Waals surface area contributed by atoms with E-state index in [9.17, 15) is 4.79 Å². The van der Waals surface area contributed by atoms with Gasteiger partial charge in [-0.2, -0.15) is 10.1 Å². The van der Waals surface area contributed by atoms with E-state index in [0.717, 1.165) is 10.6 Å². The molecule has 0 unspecified atom stereocenters. The van der Waals surface area contributed by atoms with Gasteiger partial charge in [-0.25, -0.2) is 9.78 Å². The number of rotatable bonds is 3. The molecule has 2 N–H and O–H groups in total. The molecule has 1 heterocycles. The number of hydrogen-bond donors (Lipinski definition) is 1. The van der Waals surface area contributed by atoms with Gasteiger partial charge in [0, 0.05) is 12.1 Å². The van der Waals surface area contributed by atoms with Gasteiger partial charge in [-0.1, -0.05) is 53.5 Å². The number of nitrogens with zero attached hydrogens (tertiary/aromatic N) is 3. The molecule has 2 amide bonds. The van der Waals surface area contributed by atoms with Gasteiger partial charge >= 0.3 is 6.03 Å².